The third-order valence-electron chi connectivity index (χ3n) is 3.79. The topological polar surface area (TPSA) is 69.8 Å². The second-order valence-corrected chi connectivity index (χ2v) is 6.25. The number of carbonyl (C=O) groups is 1. The smallest absolute Gasteiger partial charge is 0.328 e. The van der Waals surface area contributed by atoms with Gasteiger partial charge < -0.3 is 14.5 Å². The minimum absolute atomic E-state index is 0.289. The molecule has 7 heteroatoms. The molecule has 3 unspecified atom stereocenters. The average Bonchev–Trinajstić information content (AvgIpc) is 2.92. The van der Waals surface area contributed by atoms with Gasteiger partial charge in [0.05, 0.1) is 6.04 Å². The Morgan fingerprint density at radius 2 is 2.25 bits per heavy atom. The zero-order valence-electron chi connectivity index (χ0n) is 12.1. The molecular weight excluding hydrogens is 282 g/mol. The fourth-order valence-electron chi connectivity index (χ4n) is 2.32. The summed E-state index contributed by atoms with van der Waals surface area (Å²) in [5.41, 5.74) is 0. The number of urea groups is 1. The molecule has 1 saturated heterocycles. The normalized spacial score (nSPS) is 26.2. The fraction of sp³-hybridized carbons (Fsp3) is 0.692. The van der Waals surface area contributed by atoms with E-state index in [2.05, 4.69) is 5.16 Å². The maximum absolute atomic E-state index is 12.1. The van der Waals surface area contributed by atoms with Gasteiger partial charge in [-0.1, -0.05) is 18.5 Å². The molecule has 1 aliphatic heterocycles. The number of hydrogen-bond donors (Lipinski definition) is 1. The van der Waals surface area contributed by atoms with Crippen molar-refractivity contribution in [2.24, 2.45) is 0 Å². The second-order valence-electron chi connectivity index (χ2n) is 5.41. The maximum atomic E-state index is 12.1. The van der Waals surface area contributed by atoms with Crippen LogP contribution in [0.15, 0.2) is 10.6 Å². The van der Waals surface area contributed by atoms with Crippen molar-refractivity contribution in [3.8, 4) is 0 Å². The number of nitrogens with zero attached hydrogens (tertiary/aromatic N) is 3. The summed E-state index contributed by atoms with van der Waals surface area (Å²) in [6.45, 7) is 5.65. The Morgan fingerprint density at radius 1 is 1.60 bits per heavy atom. The van der Waals surface area contributed by atoms with Gasteiger partial charge in [0.25, 0.3) is 0 Å². The van der Waals surface area contributed by atoms with Crippen molar-refractivity contribution >= 4 is 23.4 Å². The summed E-state index contributed by atoms with van der Waals surface area (Å²) in [5, 5.41) is 14.0. The SMILES string of the molecule is CCCC(C)(Cl)c1cc(N2C(=O)N(C)C(C)C2O)no1. The zero-order chi connectivity index (χ0) is 15.1. The van der Waals surface area contributed by atoms with E-state index in [4.69, 9.17) is 16.1 Å². The highest BCUT2D eigenvalue weighted by Gasteiger charge is 2.43. The molecule has 0 aromatic carbocycles. The number of amides is 2. The van der Waals surface area contributed by atoms with Crippen molar-refractivity contribution in [2.75, 3.05) is 11.9 Å². The molecule has 2 rings (SSSR count). The van der Waals surface area contributed by atoms with Crippen molar-refractivity contribution in [3.05, 3.63) is 11.8 Å². The third kappa shape index (κ3) is 2.38. The first-order valence-electron chi connectivity index (χ1n) is 6.69. The molecule has 112 valence electrons. The number of aromatic nitrogens is 1. The lowest BCUT2D eigenvalue weighted by Gasteiger charge is -2.17. The molecule has 1 aliphatic rings. The summed E-state index contributed by atoms with van der Waals surface area (Å²) in [7, 11) is 1.64. The highest BCUT2D eigenvalue weighted by atomic mass is 35.5. The van der Waals surface area contributed by atoms with Crippen molar-refractivity contribution in [1.29, 1.82) is 0 Å². The Labute approximate surface area is 123 Å². The molecule has 2 heterocycles. The molecule has 6 nitrogen and oxygen atoms in total. The van der Waals surface area contributed by atoms with Crippen LogP contribution in [0.4, 0.5) is 10.6 Å². The van der Waals surface area contributed by atoms with Gasteiger partial charge in [0, 0.05) is 13.1 Å². The van der Waals surface area contributed by atoms with E-state index in [1.165, 1.54) is 9.80 Å². The van der Waals surface area contributed by atoms with Gasteiger partial charge >= 0.3 is 6.03 Å². The molecule has 0 saturated carbocycles. The quantitative estimate of drug-likeness (QED) is 0.868. The van der Waals surface area contributed by atoms with E-state index in [-0.39, 0.29) is 17.9 Å². The number of rotatable bonds is 4. The zero-order valence-corrected chi connectivity index (χ0v) is 12.9. The number of aliphatic hydroxyl groups is 1. The molecule has 1 fully saturated rings. The molecule has 0 spiro atoms. The van der Waals surface area contributed by atoms with Crippen LogP contribution in [-0.2, 0) is 4.87 Å². The molecule has 2 amide bonds. The number of likely N-dealkylation sites (N-methyl/N-ethyl adjacent to an activating group) is 1. The number of alkyl halides is 1. The minimum Gasteiger partial charge on any atom is -0.371 e. The molecule has 1 aromatic rings. The predicted molar refractivity (Wildman–Crippen MR) is 75.7 cm³/mol. The molecule has 1 N–H and O–H groups in total. The summed E-state index contributed by atoms with van der Waals surface area (Å²) < 4.78 is 5.26. The van der Waals surface area contributed by atoms with Crippen molar-refractivity contribution in [2.45, 2.75) is 50.8 Å². The van der Waals surface area contributed by atoms with Crippen molar-refractivity contribution in [3.63, 3.8) is 0 Å². The lowest BCUT2D eigenvalue weighted by atomic mass is 10.0. The molecule has 1 aromatic heterocycles. The van der Waals surface area contributed by atoms with Crippen molar-refractivity contribution < 1.29 is 14.4 Å². The van der Waals surface area contributed by atoms with Gasteiger partial charge in [-0.15, -0.1) is 11.6 Å². The Morgan fingerprint density at radius 3 is 2.75 bits per heavy atom. The number of aliphatic hydroxyl groups excluding tert-OH is 1. The highest BCUT2D eigenvalue weighted by Crippen LogP contribution is 2.36. The van der Waals surface area contributed by atoms with Crippen LogP contribution in [0.1, 0.15) is 39.4 Å². The van der Waals surface area contributed by atoms with Gasteiger partial charge in [0.1, 0.15) is 4.87 Å². The molecular formula is C13H20ClN3O3. The standard InChI is InChI=1S/C13H20ClN3O3/c1-5-6-13(3,14)9-7-10(15-20-9)17-11(18)8(2)16(4)12(17)19/h7-8,11,18H,5-6H2,1-4H3. The third-order valence-corrected chi connectivity index (χ3v) is 4.17. The second kappa shape index (κ2) is 5.26. The van der Waals surface area contributed by atoms with Gasteiger partial charge in [-0.25, -0.2) is 9.69 Å². The van der Waals surface area contributed by atoms with Crippen molar-refractivity contribution in [1.82, 2.24) is 10.1 Å². The van der Waals surface area contributed by atoms with E-state index in [0.717, 1.165) is 12.8 Å². The lowest BCUT2D eigenvalue weighted by Crippen LogP contribution is -2.35. The average molecular weight is 302 g/mol. The minimum atomic E-state index is -0.946. The van der Waals surface area contributed by atoms with Crippen LogP contribution in [0.3, 0.4) is 0 Å². The number of hydrogen-bond acceptors (Lipinski definition) is 4. The van der Waals surface area contributed by atoms with Crippen LogP contribution >= 0.6 is 11.6 Å². The number of anilines is 1. The van der Waals surface area contributed by atoms with Gasteiger partial charge in [-0.3, -0.25) is 0 Å². The monoisotopic (exact) mass is 301 g/mol. The van der Waals surface area contributed by atoms with Gasteiger partial charge in [-0.05, 0) is 20.3 Å². The Kier molecular flexibility index (Phi) is 3.97. The van der Waals surface area contributed by atoms with E-state index in [9.17, 15) is 9.90 Å². The van der Waals surface area contributed by atoms with E-state index in [1.807, 2.05) is 13.8 Å². The Hall–Kier alpha value is -1.27. The molecule has 20 heavy (non-hydrogen) atoms. The van der Waals surface area contributed by atoms with Crippen LogP contribution in [0, 0.1) is 0 Å². The highest BCUT2D eigenvalue weighted by molar-refractivity contribution is 6.23. The first-order chi connectivity index (χ1) is 9.29. The van der Waals surface area contributed by atoms with E-state index in [1.54, 1.807) is 20.0 Å². The van der Waals surface area contributed by atoms with Crippen LogP contribution < -0.4 is 4.90 Å². The number of halogens is 1. The van der Waals surface area contributed by atoms with Crippen LogP contribution in [0.5, 0.6) is 0 Å². The molecule has 0 aliphatic carbocycles. The first-order valence-corrected chi connectivity index (χ1v) is 7.07. The van der Waals surface area contributed by atoms with Gasteiger partial charge in [0.15, 0.2) is 17.8 Å². The molecule has 0 bridgehead atoms. The largest absolute Gasteiger partial charge is 0.371 e. The summed E-state index contributed by atoms with van der Waals surface area (Å²) >= 11 is 6.40. The van der Waals surface area contributed by atoms with Crippen LogP contribution in [-0.4, -0.2) is 40.5 Å². The first kappa shape index (κ1) is 15.1. The Balaban J connectivity index is 2.28. The summed E-state index contributed by atoms with van der Waals surface area (Å²) in [4.78, 5) is 14.1. The van der Waals surface area contributed by atoms with E-state index in [0.29, 0.717) is 5.76 Å². The fourth-order valence-corrected chi connectivity index (χ4v) is 2.60. The predicted octanol–water partition coefficient (Wildman–Crippen LogP) is 2.51. The van der Waals surface area contributed by atoms with Gasteiger partial charge in [-0.2, -0.15) is 0 Å². The van der Waals surface area contributed by atoms with Crippen LogP contribution in [0.25, 0.3) is 0 Å². The summed E-state index contributed by atoms with van der Waals surface area (Å²) in [6, 6.07) is 1.01. The van der Waals surface area contributed by atoms with E-state index < -0.39 is 11.1 Å². The van der Waals surface area contributed by atoms with E-state index >= 15 is 0 Å². The maximum Gasteiger partial charge on any atom is 0.328 e. The summed E-state index contributed by atoms with van der Waals surface area (Å²) in [6.07, 6.45) is 0.690. The molecule has 3 atom stereocenters. The number of carbonyl (C=O) groups excluding carboxylic acids is 1. The van der Waals surface area contributed by atoms with Crippen LogP contribution in [0.2, 0.25) is 0 Å². The lowest BCUT2D eigenvalue weighted by molar-refractivity contribution is 0.137. The Bertz CT molecular complexity index is 503. The molecule has 0 radical (unpaired) electrons. The summed E-state index contributed by atoms with van der Waals surface area (Å²) in [5.74, 6) is 0.787. The van der Waals surface area contributed by atoms with Gasteiger partial charge in [0.2, 0.25) is 0 Å².